The maximum absolute atomic E-state index is 13.8. The van der Waals surface area contributed by atoms with Gasteiger partial charge in [0.2, 0.25) is 5.95 Å². The lowest BCUT2D eigenvalue weighted by molar-refractivity contribution is 0.586. The number of benzene rings is 1. The highest BCUT2D eigenvalue weighted by Crippen LogP contribution is 2.23. The minimum atomic E-state index is -0.661. The van der Waals surface area contributed by atoms with Crippen LogP contribution >= 0.6 is 0 Å². The summed E-state index contributed by atoms with van der Waals surface area (Å²) < 4.78 is 26.8. The number of nitrogens with zero attached hydrogens (tertiary/aromatic N) is 3. The quantitative estimate of drug-likeness (QED) is 0.921. The number of rotatable bonds is 3. The molecule has 122 valence electrons. The molecule has 0 radical (unpaired) electrons. The van der Waals surface area contributed by atoms with Crippen LogP contribution in [0, 0.1) is 18.6 Å². The van der Waals surface area contributed by atoms with E-state index >= 15 is 0 Å². The van der Waals surface area contributed by atoms with E-state index in [1.807, 2.05) is 13.0 Å². The molecule has 0 bridgehead atoms. The number of halogens is 2. The van der Waals surface area contributed by atoms with E-state index in [4.69, 9.17) is 0 Å². The first-order chi connectivity index (χ1) is 11.1. The first-order valence-corrected chi connectivity index (χ1v) is 7.94. The number of aryl methyl sites for hydroxylation is 1. The van der Waals surface area contributed by atoms with Gasteiger partial charge in [-0.25, -0.2) is 13.8 Å². The maximum Gasteiger partial charge on any atom is 0.229 e. The fourth-order valence-electron chi connectivity index (χ4n) is 2.78. The third kappa shape index (κ3) is 3.94. The fourth-order valence-corrected chi connectivity index (χ4v) is 2.78. The number of hydrogen-bond acceptors (Lipinski definition) is 4. The molecule has 1 saturated heterocycles. The van der Waals surface area contributed by atoms with E-state index in [1.165, 1.54) is 25.0 Å². The third-order valence-electron chi connectivity index (χ3n) is 3.95. The van der Waals surface area contributed by atoms with Gasteiger partial charge in [-0.3, -0.25) is 0 Å². The van der Waals surface area contributed by atoms with Gasteiger partial charge in [-0.05, 0) is 31.9 Å². The van der Waals surface area contributed by atoms with Gasteiger partial charge in [-0.15, -0.1) is 0 Å². The first-order valence-electron chi connectivity index (χ1n) is 7.94. The summed E-state index contributed by atoms with van der Waals surface area (Å²) in [7, 11) is 0. The summed E-state index contributed by atoms with van der Waals surface area (Å²) in [6.07, 6.45) is 4.79. The molecule has 3 rings (SSSR count). The zero-order chi connectivity index (χ0) is 16.2. The van der Waals surface area contributed by atoms with E-state index in [9.17, 15) is 8.78 Å². The normalized spacial score (nSPS) is 15.3. The van der Waals surface area contributed by atoms with Crippen molar-refractivity contribution in [2.45, 2.75) is 32.6 Å². The Morgan fingerprint density at radius 3 is 2.43 bits per heavy atom. The minimum Gasteiger partial charge on any atom is -0.356 e. The van der Waals surface area contributed by atoms with Crippen molar-refractivity contribution in [3.63, 3.8) is 0 Å². The largest absolute Gasteiger partial charge is 0.356 e. The molecule has 1 aromatic carbocycles. The van der Waals surface area contributed by atoms with Crippen molar-refractivity contribution >= 4 is 17.5 Å². The van der Waals surface area contributed by atoms with Gasteiger partial charge < -0.3 is 10.2 Å². The zero-order valence-corrected chi connectivity index (χ0v) is 13.1. The molecular weight excluding hydrogens is 298 g/mol. The first kappa shape index (κ1) is 15.6. The molecule has 1 aliphatic rings. The Balaban J connectivity index is 1.84. The lowest BCUT2D eigenvalue weighted by Gasteiger charge is -2.22. The van der Waals surface area contributed by atoms with Crippen LogP contribution < -0.4 is 10.2 Å². The van der Waals surface area contributed by atoms with Gasteiger partial charge in [0.05, 0.1) is 5.69 Å². The summed E-state index contributed by atoms with van der Waals surface area (Å²) in [5.74, 6) is -0.0888. The second kappa shape index (κ2) is 6.89. The summed E-state index contributed by atoms with van der Waals surface area (Å²) in [5.41, 5.74) is 0.975. The van der Waals surface area contributed by atoms with Gasteiger partial charge in [0.15, 0.2) is 0 Å². The molecule has 2 heterocycles. The molecule has 0 spiro atoms. The predicted octanol–water partition coefficient (Wildman–Crippen LogP) is 4.19. The van der Waals surface area contributed by atoms with Gasteiger partial charge in [0.25, 0.3) is 0 Å². The number of nitrogens with one attached hydrogen (secondary N) is 1. The second-order valence-electron chi connectivity index (χ2n) is 5.84. The Hall–Kier alpha value is -2.24. The molecule has 0 saturated carbocycles. The van der Waals surface area contributed by atoms with Crippen LogP contribution in [0.25, 0.3) is 0 Å². The van der Waals surface area contributed by atoms with Crippen molar-refractivity contribution in [2.75, 3.05) is 23.3 Å². The van der Waals surface area contributed by atoms with Gasteiger partial charge >= 0.3 is 0 Å². The van der Waals surface area contributed by atoms with Crippen molar-refractivity contribution < 1.29 is 8.78 Å². The van der Waals surface area contributed by atoms with Crippen LogP contribution in [0.15, 0.2) is 24.3 Å². The Labute approximate surface area is 134 Å². The number of anilines is 3. The predicted molar refractivity (Wildman–Crippen MR) is 87.1 cm³/mol. The SMILES string of the molecule is Cc1cc(N2CCCCCC2)nc(Nc2ccc(F)cc2F)n1. The summed E-state index contributed by atoms with van der Waals surface area (Å²) in [5, 5.41) is 2.84. The average molecular weight is 318 g/mol. The average Bonchev–Trinajstić information content (AvgIpc) is 2.79. The van der Waals surface area contributed by atoms with Crippen molar-refractivity contribution in [1.82, 2.24) is 9.97 Å². The summed E-state index contributed by atoms with van der Waals surface area (Å²) in [6.45, 7) is 3.83. The van der Waals surface area contributed by atoms with Crippen molar-refractivity contribution in [1.29, 1.82) is 0 Å². The van der Waals surface area contributed by atoms with Gasteiger partial charge in [-0.1, -0.05) is 12.8 Å². The second-order valence-corrected chi connectivity index (χ2v) is 5.84. The molecule has 1 aromatic heterocycles. The highest BCUT2D eigenvalue weighted by atomic mass is 19.1. The molecule has 6 heteroatoms. The topological polar surface area (TPSA) is 41.1 Å². The van der Waals surface area contributed by atoms with E-state index in [0.29, 0.717) is 5.95 Å². The molecule has 0 aliphatic carbocycles. The third-order valence-corrected chi connectivity index (χ3v) is 3.95. The van der Waals surface area contributed by atoms with Crippen LogP contribution in [0.4, 0.5) is 26.2 Å². The van der Waals surface area contributed by atoms with E-state index in [1.54, 1.807) is 0 Å². The van der Waals surface area contributed by atoms with E-state index in [0.717, 1.165) is 43.5 Å². The summed E-state index contributed by atoms with van der Waals surface area (Å²) in [6, 6.07) is 5.34. The van der Waals surface area contributed by atoms with E-state index in [2.05, 4.69) is 20.2 Å². The van der Waals surface area contributed by atoms with Crippen LogP contribution in [0.5, 0.6) is 0 Å². The van der Waals surface area contributed by atoms with Crippen LogP contribution in [0.1, 0.15) is 31.4 Å². The fraction of sp³-hybridized carbons (Fsp3) is 0.412. The smallest absolute Gasteiger partial charge is 0.229 e. The standard InChI is InChI=1S/C17H20F2N4/c1-12-10-16(23-8-4-2-3-5-9-23)22-17(20-12)21-15-7-6-13(18)11-14(15)19/h6-7,10-11H,2-5,8-9H2,1H3,(H,20,21,22). The highest BCUT2D eigenvalue weighted by molar-refractivity contribution is 5.56. The molecule has 0 amide bonds. The van der Waals surface area contributed by atoms with Crippen LogP contribution in [0.3, 0.4) is 0 Å². The molecular formula is C17H20F2N4. The molecule has 1 fully saturated rings. The zero-order valence-electron chi connectivity index (χ0n) is 13.1. The van der Waals surface area contributed by atoms with Crippen LogP contribution in [0.2, 0.25) is 0 Å². The van der Waals surface area contributed by atoms with E-state index in [-0.39, 0.29) is 5.69 Å². The Morgan fingerprint density at radius 2 is 1.74 bits per heavy atom. The molecule has 23 heavy (non-hydrogen) atoms. The maximum atomic E-state index is 13.8. The monoisotopic (exact) mass is 318 g/mol. The van der Waals surface area contributed by atoms with Crippen molar-refractivity contribution in [2.24, 2.45) is 0 Å². The van der Waals surface area contributed by atoms with Gasteiger partial charge in [0.1, 0.15) is 17.5 Å². The Bertz CT molecular complexity index is 682. The van der Waals surface area contributed by atoms with Gasteiger partial charge in [0, 0.05) is 30.9 Å². The Morgan fingerprint density at radius 1 is 1.00 bits per heavy atom. The molecule has 1 aliphatic heterocycles. The molecule has 0 atom stereocenters. The molecule has 1 N–H and O–H groups in total. The molecule has 2 aromatic rings. The lowest BCUT2D eigenvalue weighted by Crippen LogP contribution is -2.25. The van der Waals surface area contributed by atoms with E-state index < -0.39 is 11.6 Å². The highest BCUT2D eigenvalue weighted by Gasteiger charge is 2.14. The van der Waals surface area contributed by atoms with Crippen LogP contribution in [-0.4, -0.2) is 23.1 Å². The molecule has 0 unspecified atom stereocenters. The minimum absolute atomic E-state index is 0.166. The van der Waals surface area contributed by atoms with Crippen molar-refractivity contribution in [3.8, 4) is 0 Å². The lowest BCUT2D eigenvalue weighted by atomic mass is 10.2. The Kier molecular flexibility index (Phi) is 4.69. The summed E-state index contributed by atoms with van der Waals surface area (Å²) in [4.78, 5) is 11.0. The summed E-state index contributed by atoms with van der Waals surface area (Å²) >= 11 is 0. The molecule has 4 nitrogen and oxygen atoms in total. The van der Waals surface area contributed by atoms with Crippen LogP contribution in [-0.2, 0) is 0 Å². The number of hydrogen-bond donors (Lipinski definition) is 1. The van der Waals surface area contributed by atoms with Crippen molar-refractivity contribution in [3.05, 3.63) is 41.6 Å². The van der Waals surface area contributed by atoms with Gasteiger partial charge in [-0.2, -0.15) is 4.98 Å². The number of aromatic nitrogens is 2.